The van der Waals surface area contributed by atoms with Gasteiger partial charge in [-0.15, -0.1) is 0 Å². The van der Waals surface area contributed by atoms with Gasteiger partial charge in [0, 0.05) is 19.1 Å². The number of hydrogen-bond donors (Lipinski definition) is 1. The predicted octanol–water partition coefficient (Wildman–Crippen LogP) is 0.690. The molecule has 0 aromatic heterocycles. The maximum absolute atomic E-state index is 5.66. The smallest absolute Gasteiger partial charge is 0.0674 e. The Morgan fingerprint density at radius 3 is 2.77 bits per heavy atom. The highest BCUT2D eigenvalue weighted by molar-refractivity contribution is 4.77. The highest BCUT2D eigenvalue weighted by Gasteiger charge is 2.23. The quantitative estimate of drug-likeness (QED) is 0.705. The number of hydrogen-bond acceptors (Lipinski definition) is 3. The van der Waals surface area contributed by atoms with E-state index >= 15 is 0 Å². The summed E-state index contributed by atoms with van der Waals surface area (Å²) >= 11 is 0. The molecule has 1 saturated heterocycles. The van der Waals surface area contributed by atoms with E-state index < -0.39 is 0 Å². The molecule has 0 aromatic rings. The lowest BCUT2D eigenvalue weighted by atomic mass is 10.0. The maximum Gasteiger partial charge on any atom is 0.0674 e. The van der Waals surface area contributed by atoms with Crippen molar-refractivity contribution >= 4 is 0 Å². The summed E-state index contributed by atoms with van der Waals surface area (Å²) in [4.78, 5) is 2.48. The molecule has 0 saturated carbocycles. The zero-order valence-corrected chi connectivity index (χ0v) is 8.99. The minimum absolute atomic E-state index is 0.376. The second-order valence-electron chi connectivity index (χ2n) is 4.13. The van der Waals surface area contributed by atoms with E-state index in [9.17, 15) is 0 Å². The highest BCUT2D eigenvalue weighted by atomic mass is 16.5. The molecule has 13 heavy (non-hydrogen) atoms. The van der Waals surface area contributed by atoms with Crippen LogP contribution in [-0.2, 0) is 4.74 Å². The summed E-state index contributed by atoms with van der Waals surface area (Å²) in [5.41, 5.74) is 5.66. The van der Waals surface area contributed by atoms with Gasteiger partial charge in [-0.3, -0.25) is 4.90 Å². The molecular weight excluding hydrogens is 164 g/mol. The van der Waals surface area contributed by atoms with Gasteiger partial charge in [0.2, 0.25) is 0 Å². The fourth-order valence-electron chi connectivity index (χ4n) is 1.77. The monoisotopic (exact) mass is 186 g/mol. The zero-order chi connectivity index (χ0) is 9.84. The molecule has 0 aromatic carbocycles. The second-order valence-corrected chi connectivity index (χ2v) is 4.13. The van der Waals surface area contributed by atoms with Crippen LogP contribution >= 0.6 is 0 Å². The van der Waals surface area contributed by atoms with Crippen molar-refractivity contribution in [2.75, 3.05) is 26.2 Å². The van der Waals surface area contributed by atoms with E-state index in [1.165, 1.54) is 0 Å². The first-order valence-electron chi connectivity index (χ1n) is 5.21. The normalized spacial score (nSPS) is 30.0. The number of nitrogens with two attached hydrogens (primary N) is 1. The molecule has 1 aliphatic heterocycles. The Kier molecular flexibility index (Phi) is 4.16. The number of rotatable bonds is 3. The first-order valence-corrected chi connectivity index (χ1v) is 5.21. The lowest BCUT2D eigenvalue weighted by Crippen LogP contribution is -2.49. The molecule has 3 unspecified atom stereocenters. The van der Waals surface area contributed by atoms with Gasteiger partial charge >= 0.3 is 0 Å². The van der Waals surface area contributed by atoms with Crippen molar-refractivity contribution in [3.8, 4) is 0 Å². The molecule has 3 nitrogen and oxygen atoms in total. The Morgan fingerprint density at radius 2 is 2.23 bits per heavy atom. The zero-order valence-electron chi connectivity index (χ0n) is 8.99. The van der Waals surface area contributed by atoms with Crippen molar-refractivity contribution in [2.24, 2.45) is 11.7 Å². The largest absolute Gasteiger partial charge is 0.376 e. The van der Waals surface area contributed by atoms with Crippen molar-refractivity contribution in [1.82, 2.24) is 4.90 Å². The first kappa shape index (κ1) is 11.0. The Bertz CT molecular complexity index is 152. The molecule has 1 aliphatic rings. The standard InChI is InChI=1S/C10H22N2O/c1-8(6-11)10(3)12-4-5-13-9(2)7-12/h8-10H,4-7,11H2,1-3H3. The van der Waals surface area contributed by atoms with Gasteiger partial charge in [0.25, 0.3) is 0 Å². The first-order chi connectivity index (χ1) is 6.15. The molecule has 0 bridgehead atoms. The van der Waals surface area contributed by atoms with Crippen LogP contribution in [0.1, 0.15) is 20.8 Å². The van der Waals surface area contributed by atoms with Gasteiger partial charge in [-0.05, 0) is 26.3 Å². The molecular formula is C10H22N2O. The van der Waals surface area contributed by atoms with E-state index in [0.717, 1.165) is 26.2 Å². The third-order valence-corrected chi connectivity index (χ3v) is 3.04. The van der Waals surface area contributed by atoms with Crippen LogP contribution in [0, 0.1) is 5.92 Å². The van der Waals surface area contributed by atoms with Crippen LogP contribution in [0.5, 0.6) is 0 Å². The summed E-state index contributed by atoms with van der Waals surface area (Å²) in [7, 11) is 0. The number of nitrogens with zero attached hydrogens (tertiary/aromatic N) is 1. The lowest BCUT2D eigenvalue weighted by molar-refractivity contribution is -0.0384. The van der Waals surface area contributed by atoms with Gasteiger partial charge in [0.15, 0.2) is 0 Å². The molecule has 0 radical (unpaired) electrons. The molecule has 0 amide bonds. The Labute approximate surface area is 81.2 Å². The van der Waals surface area contributed by atoms with Crippen molar-refractivity contribution in [3.63, 3.8) is 0 Å². The third-order valence-electron chi connectivity index (χ3n) is 3.04. The van der Waals surface area contributed by atoms with Crippen LogP contribution in [0.2, 0.25) is 0 Å². The van der Waals surface area contributed by atoms with E-state index in [4.69, 9.17) is 10.5 Å². The van der Waals surface area contributed by atoms with Crippen LogP contribution in [0.3, 0.4) is 0 Å². The minimum atomic E-state index is 0.376. The maximum atomic E-state index is 5.66. The summed E-state index contributed by atoms with van der Waals surface area (Å²) < 4.78 is 5.50. The molecule has 78 valence electrons. The summed E-state index contributed by atoms with van der Waals surface area (Å²) in [6.07, 6.45) is 0.376. The van der Waals surface area contributed by atoms with Gasteiger partial charge in [-0.25, -0.2) is 0 Å². The van der Waals surface area contributed by atoms with Gasteiger partial charge < -0.3 is 10.5 Å². The lowest BCUT2D eigenvalue weighted by Gasteiger charge is -2.38. The van der Waals surface area contributed by atoms with Crippen molar-refractivity contribution in [1.29, 1.82) is 0 Å². The van der Waals surface area contributed by atoms with Crippen LogP contribution < -0.4 is 5.73 Å². The van der Waals surface area contributed by atoms with Gasteiger partial charge in [0.1, 0.15) is 0 Å². The molecule has 0 spiro atoms. The van der Waals surface area contributed by atoms with Gasteiger partial charge in [-0.1, -0.05) is 6.92 Å². The fraction of sp³-hybridized carbons (Fsp3) is 1.00. The Balaban J connectivity index is 2.41. The molecule has 1 rings (SSSR count). The molecule has 2 N–H and O–H groups in total. The van der Waals surface area contributed by atoms with Crippen molar-refractivity contribution in [2.45, 2.75) is 32.9 Å². The van der Waals surface area contributed by atoms with Gasteiger partial charge in [0.05, 0.1) is 12.7 Å². The Hall–Kier alpha value is -0.120. The summed E-state index contributed by atoms with van der Waals surface area (Å²) in [6, 6.07) is 0.580. The SMILES string of the molecule is CC1CN(C(C)C(C)CN)CCO1. The van der Waals surface area contributed by atoms with Crippen LogP contribution in [0.4, 0.5) is 0 Å². The topological polar surface area (TPSA) is 38.5 Å². The third kappa shape index (κ3) is 2.93. The Morgan fingerprint density at radius 1 is 1.54 bits per heavy atom. The number of ether oxygens (including phenoxy) is 1. The molecule has 1 fully saturated rings. The fourth-order valence-corrected chi connectivity index (χ4v) is 1.77. The van der Waals surface area contributed by atoms with E-state index in [1.54, 1.807) is 0 Å². The van der Waals surface area contributed by atoms with E-state index in [2.05, 4.69) is 25.7 Å². The van der Waals surface area contributed by atoms with Crippen molar-refractivity contribution in [3.05, 3.63) is 0 Å². The molecule has 3 atom stereocenters. The summed E-state index contributed by atoms with van der Waals surface area (Å²) in [6.45, 7) is 10.3. The second kappa shape index (κ2) is 4.94. The van der Waals surface area contributed by atoms with Gasteiger partial charge in [-0.2, -0.15) is 0 Å². The van der Waals surface area contributed by atoms with Crippen LogP contribution in [0.15, 0.2) is 0 Å². The van der Waals surface area contributed by atoms with Crippen LogP contribution in [0.25, 0.3) is 0 Å². The molecule has 0 aliphatic carbocycles. The summed E-state index contributed by atoms with van der Waals surface area (Å²) in [5.74, 6) is 0.574. The average Bonchev–Trinajstić information content (AvgIpc) is 2.15. The average molecular weight is 186 g/mol. The minimum Gasteiger partial charge on any atom is -0.376 e. The van der Waals surface area contributed by atoms with E-state index in [-0.39, 0.29) is 0 Å². The van der Waals surface area contributed by atoms with E-state index in [0.29, 0.717) is 18.1 Å². The molecule has 1 heterocycles. The summed E-state index contributed by atoms with van der Waals surface area (Å²) in [5, 5.41) is 0. The van der Waals surface area contributed by atoms with Crippen LogP contribution in [-0.4, -0.2) is 43.3 Å². The predicted molar refractivity (Wildman–Crippen MR) is 54.7 cm³/mol. The molecule has 3 heteroatoms. The number of morpholine rings is 1. The van der Waals surface area contributed by atoms with E-state index in [1.807, 2.05) is 0 Å². The van der Waals surface area contributed by atoms with Crippen molar-refractivity contribution < 1.29 is 4.74 Å². The highest BCUT2D eigenvalue weighted by Crippen LogP contribution is 2.14.